The Morgan fingerprint density at radius 2 is 1.47 bits per heavy atom. The van der Waals surface area contributed by atoms with Gasteiger partial charge in [0.05, 0.1) is 11.0 Å². The van der Waals surface area contributed by atoms with Crippen molar-refractivity contribution in [2.75, 3.05) is 11.9 Å². The maximum Gasteiger partial charge on any atom is 0.416 e. The smallest absolute Gasteiger partial charge is 0.416 e. The summed E-state index contributed by atoms with van der Waals surface area (Å²) in [6.45, 7) is 7.36. The van der Waals surface area contributed by atoms with Crippen LogP contribution >= 0.6 is 7.14 Å². The summed E-state index contributed by atoms with van der Waals surface area (Å²) in [6.07, 6.45) is -0.742. The van der Waals surface area contributed by atoms with E-state index in [4.69, 9.17) is 4.74 Å². The van der Waals surface area contributed by atoms with Crippen molar-refractivity contribution in [1.82, 2.24) is 0 Å². The zero-order valence-electron chi connectivity index (χ0n) is 24.5. The topological polar surface area (TPSA) is 46.6 Å². The maximum absolute atomic E-state index is 14.9. The van der Waals surface area contributed by atoms with E-state index in [1.807, 2.05) is 57.0 Å². The van der Waals surface area contributed by atoms with Gasteiger partial charge in [0.2, 0.25) is 18.4 Å². The van der Waals surface area contributed by atoms with Gasteiger partial charge in [-0.15, -0.1) is 0 Å². The number of likely N-dealkylation sites (N-methyl/N-ethyl adjacent to an activating group) is 1. The molecule has 0 fully saturated rings. The van der Waals surface area contributed by atoms with Gasteiger partial charge in [0.25, 0.3) is 0 Å². The first-order valence-corrected chi connectivity index (χ1v) is 15.7. The number of aryl methyl sites for hydroxylation is 1. The fraction of sp³-hybridized carbons (Fsp3) is 0.229. The lowest BCUT2D eigenvalue weighted by molar-refractivity contribution is -0.137. The Bertz CT molecular complexity index is 1800. The van der Waals surface area contributed by atoms with Crippen LogP contribution in [0.2, 0.25) is 0 Å². The predicted octanol–water partition coefficient (Wildman–Crippen LogP) is 8.01. The van der Waals surface area contributed by atoms with E-state index in [0.29, 0.717) is 49.9 Å². The van der Waals surface area contributed by atoms with Crippen molar-refractivity contribution in [2.24, 2.45) is 0 Å². The number of fused-ring (bicyclic) bond motifs is 2. The number of nitrogens with zero attached hydrogens (tertiary/aromatic N) is 1. The summed E-state index contributed by atoms with van der Waals surface area (Å²) in [7, 11) is -1.94. The van der Waals surface area contributed by atoms with E-state index >= 15 is 0 Å². The highest BCUT2D eigenvalue weighted by molar-refractivity contribution is 7.93. The minimum atomic E-state index is -4.47. The summed E-state index contributed by atoms with van der Waals surface area (Å²) >= 11 is 0. The molecule has 2 aliphatic rings. The zero-order valence-corrected chi connectivity index (χ0v) is 25.4. The van der Waals surface area contributed by atoms with Gasteiger partial charge in [-0.1, -0.05) is 60.7 Å². The summed E-state index contributed by atoms with van der Waals surface area (Å²) in [5.74, 6) is 0.507. The van der Waals surface area contributed by atoms with Crippen LogP contribution in [0, 0.1) is 13.8 Å². The van der Waals surface area contributed by atoms with Crippen LogP contribution in [0.15, 0.2) is 91.0 Å². The molecule has 0 amide bonds. The molecule has 0 aromatic heterocycles. The van der Waals surface area contributed by atoms with Gasteiger partial charge in [0.1, 0.15) is 5.75 Å². The molecule has 43 heavy (non-hydrogen) atoms. The van der Waals surface area contributed by atoms with Gasteiger partial charge in [0, 0.05) is 34.5 Å². The molecule has 8 heteroatoms. The third kappa shape index (κ3) is 4.12. The Labute approximate surface area is 249 Å². The van der Waals surface area contributed by atoms with Gasteiger partial charge >= 0.3 is 6.18 Å². The third-order valence-electron chi connectivity index (χ3n) is 9.02. The van der Waals surface area contributed by atoms with Crippen LogP contribution in [-0.2, 0) is 16.2 Å². The van der Waals surface area contributed by atoms with E-state index < -0.39 is 35.5 Å². The minimum Gasteiger partial charge on any atom is -0.463 e. The Morgan fingerprint density at radius 1 is 0.884 bits per heavy atom. The van der Waals surface area contributed by atoms with Gasteiger partial charge in [-0.3, -0.25) is 4.79 Å². The first kappa shape index (κ1) is 29.0. The highest BCUT2D eigenvalue weighted by Crippen LogP contribution is 2.56. The maximum atomic E-state index is 14.9. The summed E-state index contributed by atoms with van der Waals surface area (Å²) in [5.41, 5.74) is 0.326. The second kappa shape index (κ2) is 9.72. The zero-order chi connectivity index (χ0) is 30.9. The molecule has 220 valence electrons. The molecule has 0 aliphatic carbocycles. The molecule has 4 aromatic rings. The molecule has 0 saturated carbocycles. The van der Waals surface area contributed by atoms with E-state index in [0.717, 1.165) is 6.07 Å². The molecule has 1 unspecified atom stereocenters. The normalized spacial score (nSPS) is 18.7. The van der Waals surface area contributed by atoms with Gasteiger partial charge in [-0.05, 0) is 80.8 Å². The lowest BCUT2D eigenvalue weighted by atomic mass is 9.75. The number of rotatable bonds is 4. The largest absolute Gasteiger partial charge is 0.463 e. The average molecular weight is 602 g/mol. The van der Waals surface area contributed by atoms with Crippen molar-refractivity contribution in [1.29, 1.82) is 0 Å². The van der Waals surface area contributed by atoms with Crippen molar-refractivity contribution in [2.45, 2.75) is 45.0 Å². The molecule has 1 spiro atoms. The Hall–Kier alpha value is -4.09. The number of halogens is 3. The monoisotopic (exact) mass is 601 g/mol. The highest BCUT2D eigenvalue weighted by atomic mass is 31.2. The SMILES string of the molecule is Cc1cc2c(c(C)c1C(=O)P(=O)(c1ccccc1)c1ccccc1)C=CC1(O2)N(C)c2ccc(C(F)(F)F)cc2C1(C)C. The molecule has 1 atom stereocenters. The highest BCUT2D eigenvalue weighted by Gasteiger charge is 2.58. The van der Waals surface area contributed by atoms with Gasteiger partial charge in [-0.25, -0.2) is 0 Å². The number of ether oxygens (including phenoxy) is 1. The first-order chi connectivity index (χ1) is 20.2. The van der Waals surface area contributed by atoms with Gasteiger partial charge in [0.15, 0.2) is 0 Å². The molecule has 0 bridgehead atoms. The van der Waals surface area contributed by atoms with Crippen LogP contribution in [-0.4, -0.2) is 18.3 Å². The third-order valence-corrected chi connectivity index (χ3v) is 11.9. The lowest BCUT2D eigenvalue weighted by Gasteiger charge is -2.46. The number of carbonyl (C=O) groups excluding carboxylic acids is 1. The fourth-order valence-corrected chi connectivity index (χ4v) is 9.22. The number of hydrogen-bond donors (Lipinski definition) is 0. The predicted molar refractivity (Wildman–Crippen MR) is 165 cm³/mol. The Balaban J connectivity index is 1.46. The van der Waals surface area contributed by atoms with Crippen molar-refractivity contribution in [3.05, 3.63) is 124 Å². The number of carbonyl (C=O) groups is 1. The second-order valence-electron chi connectivity index (χ2n) is 11.7. The molecule has 0 radical (unpaired) electrons. The molecular weight excluding hydrogens is 570 g/mol. The summed E-state index contributed by atoms with van der Waals surface area (Å²) < 4.78 is 62.5. The summed E-state index contributed by atoms with van der Waals surface area (Å²) in [4.78, 5) is 16.3. The van der Waals surface area contributed by atoms with Crippen LogP contribution in [0.1, 0.15) is 52.0 Å². The second-order valence-corrected chi connectivity index (χ2v) is 14.4. The molecular formula is C35H31F3NO3P. The van der Waals surface area contributed by atoms with Crippen LogP contribution in [0.3, 0.4) is 0 Å². The van der Waals surface area contributed by atoms with Gasteiger partial charge in [-0.2, -0.15) is 13.2 Å². The van der Waals surface area contributed by atoms with Crippen LogP contribution in [0.4, 0.5) is 18.9 Å². The van der Waals surface area contributed by atoms with E-state index in [2.05, 4.69) is 0 Å². The number of anilines is 1. The van der Waals surface area contributed by atoms with Crippen LogP contribution in [0.5, 0.6) is 5.75 Å². The van der Waals surface area contributed by atoms with Crippen molar-refractivity contribution in [3.63, 3.8) is 0 Å². The average Bonchev–Trinajstić information content (AvgIpc) is 3.14. The molecule has 4 nitrogen and oxygen atoms in total. The fourth-order valence-electron chi connectivity index (χ4n) is 6.61. The Kier molecular flexibility index (Phi) is 6.55. The van der Waals surface area contributed by atoms with E-state index in [-0.39, 0.29) is 0 Å². The molecule has 0 saturated heterocycles. The van der Waals surface area contributed by atoms with Crippen molar-refractivity contribution >= 4 is 35.0 Å². The van der Waals surface area contributed by atoms with Crippen LogP contribution in [0.25, 0.3) is 6.08 Å². The number of hydrogen-bond acceptors (Lipinski definition) is 4. The van der Waals surface area contributed by atoms with Crippen molar-refractivity contribution < 1.29 is 27.3 Å². The first-order valence-electron chi connectivity index (χ1n) is 14.0. The molecule has 6 rings (SSSR count). The molecule has 2 aliphatic heterocycles. The quantitative estimate of drug-likeness (QED) is 0.223. The van der Waals surface area contributed by atoms with Gasteiger partial charge < -0.3 is 14.2 Å². The molecule has 0 N–H and O–H groups in total. The Morgan fingerprint density at radius 3 is 2.02 bits per heavy atom. The minimum absolute atomic E-state index is 0.371. The van der Waals surface area contributed by atoms with E-state index in [1.165, 1.54) is 12.1 Å². The summed E-state index contributed by atoms with van der Waals surface area (Å²) in [6, 6.07) is 23.2. The van der Waals surface area contributed by atoms with E-state index in [1.54, 1.807) is 61.5 Å². The van der Waals surface area contributed by atoms with Crippen LogP contribution < -0.4 is 20.2 Å². The van der Waals surface area contributed by atoms with E-state index in [9.17, 15) is 22.5 Å². The standard InChI is InChI=1S/C35H31F3NO3P/c1-22-20-30-27(18-19-34(42-30)33(3,4)28-21-24(35(36,37)38)16-17-29(28)39(34)5)23(2)31(22)32(40)43(41,25-12-8-6-9-13-25)26-14-10-7-11-15-26/h6-21H,1-5H3. The summed E-state index contributed by atoms with van der Waals surface area (Å²) in [5, 5.41) is 0.914. The van der Waals surface area contributed by atoms with Crippen molar-refractivity contribution in [3.8, 4) is 5.75 Å². The number of alkyl halides is 3. The molecule has 2 heterocycles. The number of benzene rings is 4. The lowest BCUT2D eigenvalue weighted by Crippen LogP contribution is -2.58. The molecule has 4 aromatic carbocycles.